The van der Waals surface area contributed by atoms with E-state index >= 15 is 0 Å². The molecule has 6 nitrogen and oxygen atoms in total. The van der Waals surface area contributed by atoms with Crippen LogP contribution >= 0.6 is 0 Å². The van der Waals surface area contributed by atoms with Crippen molar-refractivity contribution in [2.24, 2.45) is 11.7 Å². The van der Waals surface area contributed by atoms with Crippen molar-refractivity contribution in [3.05, 3.63) is 35.2 Å². The van der Waals surface area contributed by atoms with Crippen LogP contribution < -0.4 is 15.2 Å². The summed E-state index contributed by atoms with van der Waals surface area (Å²) in [6, 6.07) is 5.41. The second kappa shape index (κ2) is 6.19. The molecule has 2 N–H and O–H groups in total. The van der Waals surface area contributed by atoms with E-state index in [2.05, 4.69) is 0 Å². The Labute approximate surface area is 141 Å². The van der Waals surface area contributed by atoms with Gasteiger partial charge in [0.25, 0.3) is 5.91 Å². The van der Waals surface area contributed by atoms with Crippen molar-refractivity contribution in [3.63, 3.8) is 0 Å². The standard InChI is InChI=1S/C18H22N2O4/c1-4-23-11-5-6-12-13-8-15(21)20(9-10(2)3)18(22)16(13)17(19)24-14(12)7-11/h5-7,10,13H,4,8-9,19H2,1-3H3. The van der Waals surface area contributed by atoms with E-state index in [0.717, 1.165) is 5.56 Å². The minimum absolute atomic E-state index is 0.0763. The number of carbonyl (C=O) groups excluding carboxylic acids is 2. The molecule has 0 saturated carbocycles. The minimum Gasteiger partial charge on any atom is -0.494 e. The van der Waals surface area contributed by atoms with Crippen LogP contribution in [0.25, 0.3) is 0 Å². The van der Waals surface area contributed by atoms with Crippen molar-refractivity contribution < 1.29 is 19.1 Å². The quantitative estimate of drug-likeness (QED) is 0.856. The summed E-state index contributed by atoms with van der Waals surface area (Å²) in [5.74, 6) is 0.619. The summed E-state index contributed by atoms with van der Waals surface area (Å²) in [6.45, 7) is 6.75. The molecule has 3 rings (SSSR count). The number of nitrogens with two attached hydrogens (primary N) is 1. The van der Waals surface area contributed by atoms with E-state index in [9.17, 15) is 9.59 Å². The number of likely N-dealkylation sites (tertiary alicyclic amines) is 1. The number of amides is 2. The van der Waals surface area contributed by atoms with Gasteiger partial charge in [-0.3, -0.25) is 14.5 Å². The highest BCUT2D eigenvalue weighted by atomic mass is 16.5. The zero-order chi connectivity index (χ0) is 17.4. The number of imide groups is 1. The molecule has 2 heterocycles. The van der Waals surface area contributed by atoms with Gasteiger partial charge in [-0.2, -0.15) is 0 Å². The first-order valence-electron chi connectivity index (χ1n) is 8.21. The third kappa shape index (κ3) is 2.72. The molecule has 2 aliphatic heterocycles. The van der Waals surface area contributed by atoms with Crippen LogP contribution in [0, 0.1) is 5.92 Å². The van der Waals surface area contributed by atoms with E-state index in [4.69, 9.17) is 15.2 Å². The molecule has 0 radical (unpaired) electrons. The zero-order valence-electron chi connectivity index (χ0n) is 14.2. The molecule has 2 amide bonds. The lowest BCUT2D eigenvalue weighted by Gasteiger charge is -2.36. The lowest BCUT2D eigenvalue weighted by atomic mass is 9.82. The van der Waals surface area contributed by atoms with Crippen molar-refractivity contribution in [1.82, 2.24) is 4.90 Å². The van der Waals surface area contributed by atoms with Crippen molar-refractivity contribution in [2.45, 2.75) is 33.1 Å². The first-order valence-corrected chi connectivity index (χ1v) is 8.21. The van der Waals surface area contributed by atoms with Crippen LogP contribution in [0.4, 0.5) is 0 Å². The van der Waals surface area contributed by atoms with Crippen LogP contribution in [0.1, 0.15) is 38.7 Å². The monoisotopic (exact) mass is 330 g/mol. The molecule has 24 heavy (non-hydrogen) atoms. The number of rotatable bonds is 4. The van der Waals surface area contributed by atoms with E-state index in [-0.39, 0.29) is 36.0 Å². The fraction of sp³-hybridized carbons (Fsp3) is 0.444. The Kier molecular flexibility index (Phi) is 4.22. The van der Waals surface area contributed by atoms with Crippen LogP contribution in [0.2, 0.25) is 0 Å². The van der Waals surface area contributed by atoms with E-state index in [1.807, 2.05) is 32.9 Å². The van der Waals surface area contributed by atoms with E-state index in [1.165, 1.54) is 4.90 Å². The van der Waals surface area contributed by atoms with Crippen LogP contribution in [0.3, 0.4) is 0 Å². The van der Waals surface area contributed by atoms with Gasteiger partial charge in [0, 0.05) is 30.5 Å². The molecule has 0 aliphatic carbocycles. The number of fused-ring (bicyclic) bond motifs is 3. The van der Waals surface area contributed by atoms with Crippen molar-refractivity contribution in [3.8, 4) is 11.5 Å². The van der Waals surface area contributed by atoms with Gasteiger partial charge in [-0.25, -0.2) is 0 Å². The molecular formula is C18H22N2O4. The Balaban J connectivity index is 1.98. The normalized spacial score (nSPS) is 20.0. The molecule has 0 bridgehead atoms. The first-order chi connectivity index (χ1) is 11.4. The molecule has 1 aromatic rings. The first kappa shape index (κ1) is 16.4. The lowest BCUT2D eigenvalue weighted by molar-refractivity contribution is -0.146. The largest absolute Gasteiger partial charge is 0.494 e. The van der Waals surface area contributed by atoms with Crippen molar-refractivity contribution >= 4 is 11.8 Å². The number of hydrogen-bond acceptors (Lipinski definition) is 5. The Morgan fingerprint density at radius 1 is 1.38 bits per heavy atom. The topological polar surface area (TPSA) is 81.9 Å². The lowest BCUT2D eigenvalue weighted by Crippen LogP contribution is -2.47. The average molecular weight is 330 g/mol. The molecule has 1 saturated heterocycles. The number of hydrogen-bond donors (Lipinski definition) is 1. The number of piperidine rings is 1. The summed E-state index contributed by atoms with van der Waals surface area (Å²) >= 11 is 0. The highest BCUT2D eigenvalue weighted by molar-refractivity contribution is 6.09. The molecule has 1 unspecified atom stereocenters. The number of nitrogens with zero attached hydrogens (tertiary/aromatic N) is 1. The number of ether oxygens (including phenoxy) is 2. The molecule has 1 fully saturated rings. The second-order valence-electron chi connectivity index (χ2n) is 6.47. The maximum atomic E-state index is 12.8. The van der Waals surface area contributed by atoms with Gasteiger partial charge in [-0.1, -0.05) is 19.9 Å². The summed E-state index contributed by atoms with van der Waals surface area (Å²) in [6.07, 6.45) is 0.221. The second-order valence-corrected chi connectivity index (χ2v) is 6.47. The van der Waals surface area contributed by atoms with E-state index in [0.29, 0.717) is 30.2 Å². The highest BCUT2D eigenvalue weighted by Crippen LogP contribution is 2.44. The molecular weight excluding hydrogens is 308 g/mol. The third-order valence-corrected chi connectivity index (χ3v) is 4.21. The predicted molar refractivity (Wildman–Crippen MR) is 88.4 cm³/mol. The minimum atomic E-state index is -0.354. The molecule has 1 atom stereocenters. The van der Waals surface area contributed by atoms with Gasteiger partial charge in [0.15, 0.2) is 5.88 Å². The zero-order valence-corrected chi connectivity index (χ0v) is 14.2. The highest BCUT2D eigenvalue weighted by Gasteiger charge is 2.43. The maximum absolute atomic E-state index is 12.8. The van der Waals surface area contributed by atoms with Gasteiger partial charge in [-0.15, -0.1) is 0 Å². The van der Waals surface area contributed by atoms with E-state index < -0.39 is 0 Å². The Morgan fingerprint density at radius 2 is 2.12 bits per heavy atom. The summed E-state index contributed by atoms with van der Waals surface area (Å²) in [7, 11) is 0. The van der Waals surface area contributed by atoms with E-state index in [1.54, 1.807) is 6.07 Å². The molecule has 0 spiro atoms. The van der Waals surface area contributed by atoms with Crippen molar-refractivity contribution in [2.75, 3.05) is 13.2 Å². The summed E-state index contributed by atoms with van der Waals surface area (Å²) in [5.41, 5.74) is 7.20. The van der Waals surface area contributed by atoms with Crippen LogP contribution in [-0.2, 0) is 9.59 Å². The van der Waals surface area contributed by atoms with Gasteiger partial charge in [0.2, 0.25) is 5.91 Å². The molecule has 128 valence electrons. The third-order valence-electron chi connectivity index (χ3n) is 4.21. The number of benzene rings is 1. The maximum Gasteiger partial charge on any atom is 0.262 e. The summed E-state index contributed by atoms with van der Waals surface area (Å²) in [4.78, 5) is 26.5. The van der Waals surface area contributed by atoms with Gasteiger partial charge in [-0.05, 0) is 18.9 Å². The van der Waals surface area contributed by atoms with Crippen LogP contribution in [0.5, 0.6) is 11.5 Å². The Bertz CT molecular complexity index is 724. The van der Waals surface area contributed by atoms with Gasteiger partial charge in [0.1, 0.15) is 11.5 Å². The van der Waals surface area contributed by atoms with Crippen molar-refractivity contribution in [1.29, 1.82) is 0 Å². The smallest absolute Gasteiger partial charge is 0.262 e. The summed E-state index contributed by atoms with van der Waals surface area (Å²) < 4.78 is 11.1. The Hall–Kier alpha value is -2.50. The molecule has 2 aliphatic rings. The summed E-state index contributed by atoms with van der Waals surface area (Å²) in [5, 5.41) is 0. The average Bonchev–Trinajstić information content (AvgIpc) is 2.51. The van der Waals surface area contributed by atoms with Gasteiger partial charge in [0.05, 0.1) is 12.2 Å². The number of carbonyl (C=O) groups is 2. The molecule has 6 heteroatoms. The SMILES string of the molecule is CCOc1ccc2c(c1)OC(N)=C1C(=O)N(CC(C)C)C(=O)CC12. The molecule has 1 aromatic carbocycles. The predicted octanol–water partition coefficient (Wildman–Crippen LogP) is 2.15. The fourth-order valence-corrected chi connectivity index (χ4v) is 3.21. The molecule has 0 aromatic heterocycles. The van der Waals surface area contributed by atoms with Gasteiger partial charge >= 0.3 is 0 Å². The van der Waals surface area contributed by atoms with Gasteiger partial charge < -0.3 is 15.2 Å². The Morgan fingerprint density at radius 3 is 2.79 bits per heavy atom. The fourth-order valence-electron chi connectivity index (χ4n) is 3.21. The van der Waals surface area contributed by atoms with Crippen LogP contribution in [-0.4, -0.2) is 29.9 Å². The van der Waals surface area contributed by atoms with Crippen LogP contribution in [0.15, 0.2) is 29.7 Å².